The highest BCUT2D eigenvalue weighted by molar-refractivity contribution is 6.30. The summed E-state index contributed by atoms with van der Waals surface area (Å²) in [5.41, 5.74) is 5.53. The van der Waals surface area contributed by atoms with E-state index in [2.05, 4.69) is 5.32 Å². The van der Waals surface area contributed by atoms with Gasteiger partial charge in [0.2, 0.25) is 5.91 Å². The zero-order chi connectivity index (χ0) is 13.1. The summed E-state index contributed by atoms with van der Waals surface area (Å²) in [6.07, 6.45) is 0.584. The minimum Gasteiger partial charge on any atom is -0.368 e. The molecule has 4 heteroatoms. The first kappa shape index (κ1) is 14.0. The molecule has 0 saturated heterocycles. The van der Waals surface area contributed by atoms with Gasteiger partial charge in [-0.3, -0.25) is 10.1 Å². The predicted molar refractivity (Wildman–Crippen MR) is 70.9 cm³/mol. The van der Waals surface area contributed by atoms with Crippen LogP contribution in [0.3, 0.4) is 0 Å². The van der Waals surface area contributed by atoms with E-state index in [4.69, 9.17) is 17.3 Å². The number of hydrogen-bond donors (Lipinski definition) is 2. The minimum atomic E-state index is -0.848. The van der Waals surface area contributed by atoms with Crippen LogP contribution in [0.2, 0.25) is 5.02 Å². The largest absolute Gasteiger partial charge is 0.368 e. The molecule has 0 radical (unpaired) electrons. The van der Waals surface area contributed by atoms with Gasteiger partial charge in [-0.2, -0.15) is 0 Å². The van der Waals surface area contributed by atoms with Gasteiger partial charge >= 0.3 is 0 Å². The summed E-state index contributed by atoms with van der Waals surface area (Å²) in [6.45, 7) is 5.90. The lowest BCUT2D eigenvalue weighted by atomic mass is 9.85. The smallest absolute Gasteiger partial charge is 0.242 e. The van der Waals surface area contributed by atoms with Crippen molar-refractivity contribution < 1.29 is 4.79 Å². The average molecular weight is 255 g/mol. The van der Waals surface area contributed by atoms with Crippen LogP contribution < -0.4 is 11.1 Å². The van der Waals surface area contributed by atoms with E-state index in [9.17, 15) is 4.79 Å². The minimum absolute atomic E-state index is 0.154. The van der Waals surface area contributed by atoms with Crippen molar-refractivity contribution in [1.82, 2.24) is 5.32 Å². The van der Waals surface area contributed by atoms with Crippen LogP contribution in [0.4, 0.5) is 0 Å². The number of rotatable bonds is 5. The Morgan fingerprint density at radius 2 is 2.18 bits per heavy atom. The summed E-state index contributed by atoms with van der Waals surface area (Å²) in [6, 6.07) is 7.41. The van der Waals surface area contributed by atoms with Crippen LogP contribution in [-0.2, 0) is 10.3 Å². The number of primary amides is 1. The quantitative estimate of drug-likeness (QED) is 0.848. The average Bonchev–Trinajstić information content (AvgIpc) is 2.25. The Morgan fingerprint density at radius 3 is 2.59 bits per heavy atom. The predicted octanol–water partition coefficient (Wildman–Crippen LogP) is 2.43. The van der Waals surface area contributed by atoms with E-state index >= 15 is 0 Å². The number of carbonyl (C=O) groups excluding carboxylic acids is 1. The molecule has 1 aromatic carbocycles. The fraction of sp³-hybridized carbons (Fsp3) is 0.462. The molecular formula is C13H19ClN2O. The Morgan fingerprint density at radius 1 is 1.53 bits per heavy atom. The van der Waals surface area contributed by atoms with E-state index in [0.29, 0.717) is 11.4 Å². The van der Waals surface area contributed by atoms with Crippen LogP contribution in [0, 0.1) is 0 Å². The first-order valence-electron chi connectivity index (χ1n) is 5.76. The fourth-order valence-corrected chi connectivity index (χ4v) is 2.21. The lowest BCUT2D eigenvalue weighted by molar-refractivity contribution is -0.125. The fourth-order valence-electron chi connectivity index (χ4n) is 2.02. The topological polar surface area (TPSA) is 55.1 Å². The van der Waals surface area contributed by atoms with Crippen molar-refractivity contribution in [1.29, 1.82) is 0 Å². The third kappa shape index (κ3) is 2.99. The van der Waals surface area contributed by atoms with Gasteiger partial charge in [-0.25, -0.2) is 0 Å². The van der Waals surface area contributed by atoms with Crippen molar-refractivity contribution in [2.24, 2.45) is 5.73 Å². The molecule has 0 spiro atoms. The Balaban J connectivity index is 3.26. The maximum absolute atomic E-state index is 11.8. The van der Waals surface area contributed by atoms with Gasteiger partial charge in [-0.05, 0) is 38.0 Å². The molecule has 1 aromatic rings. The molecule has 1 amide bonds. The Bertz CT molecular complexity index is 406. The SMILES string of the molecule is CCC(NC(C)C)(C(N)=O)c1cccc(Cl)c1. The van der Waals surface area contributed by atoms with Crippen LogP contribution in [0.15, 0.2) is 24.3 Å². The van der Waals surface area contributed by atoms with Crippen LogP contribution in [0.1, 0.15) is 32.8 Å². The van der Waals surface area contributed by atoms with E-state index in [-0.39, 0.29) is 11.9 Å². The van der Waals surface area contributed by atoms with Crippen LogP contribution >= 0.6 is 11.6 Å². The van der Waals surface area contributed by atoms with Gasteiger partial charge in [0.05, 0.1) is 0 Å². The molecule has 94 valence electrons. The van der Waals surface area contributed by atoms with Crippen molar-refractivity contribution in [3.05, 3.63) is 34.9 Å². The second-order valence-corrected chi connectivity index (χ2v) is 4.87. The van der Waals surface area contributed by atoms with Gasteiger partial charge in [0, 0.05) is 11.1 Å². The third-order valence-electron chi connectivity index (χ3n) is 2.80. The van der Waals surface area contributed by atoms with E-state index in [1.54, 1.807) is 12.1 Å². The summed E-state index contributed by atoms with van der Waals surface area (Å²) >= 11 is 5.97. The molecule has 17 heavy (non-hydrogen) atoms. The van der Waals surface area contributed by atoms with Gasteiger partial charge < -0.3 is 5.73 Å². The lowest BCUT2D eigenvalue weighted by Gasteiger charge is -2.33. The summed E-state index contributed by atoms with van der Waals surface area (Å²) < 4.78 is 0. The first-order valence-corrected chi connectivity index (χ1v) is 6.14. The Labute approximate surface area is 107 Å². The van der Waals surface area contributed by atoms with E-state index in [1.807, 2.05) is 32.9 Å². The Kier molecular flexibility index (Phi) is 4.54. The summed E-state index contributed by atoms with van der Waals surface area (Å²) in [5.74, 6) is -0.379. The molecule has 1 rings (SSSR count). The van der Waals surface area contributed by atoms with Crippen LogP contribution in [-0.4, -0.2) is 11.9 Å². The summed E-state index contributed by atoms with van der Waals surface area (Å²) in [5, 5.41) is 3.86. The number of benzene rings is 1. The molecule has 0 bridgehead atoms. The lowest BCUT2D eigenvalue weighted by Crippen LogP contribution is -2.54. The number of amides is 1. The molecule has 3 N–H and O–H groups in total. The molecule has 0 saturated carbocycles. The first-order chi connectivity index (χ1) is 7.92. The number of hydrogen-bond acceptors (Lipinski definition) is 2. The van der Waals surface area contributed by atoms with Crippen molar-refractivity contribution in [2.45, 2.75) is 38.8 Å². The molecule has 0 aliphatic rings. The van der Waals surface area contributed by atoms with Crippen molar-refractivity contribution in [2.75, 3.05) is 0 Å². The third-order valence-corrected chi connectivity index (χ3v) is 3.04. The summed E-state index contributed by atoms with van der Waals surface area (Å²) in [7, 11) is 0. The van der Waals surface area contributed by atoms with Gasteiger partial charge in [0.1, 0.15) is 5.54 Å². The molecule has 1 atom stereocenters. The number of carbonyl (C=O) groups is 1. The maximum Gasteiger partial charge on any atom is 0.242 e. The van der Waals surface area contributed by atoms with E-state index in [0.717, 1.165) is 5.56 Å². The molecule has 0 aliphatic heterocycles. The highest BCUT2D eigenvalue weighted by Crippen LogP contribution is 2.27. The molecule has 0 aromatic heterocycles. The number of halogens is 1. The summed E-state index contributed by atoms with van der Waals surface area (Å²) in [4.78, 5) is 11.8. The second kappa shape index (κ2) is 5.52. The monoisotopic (exact) mass is 254 g/mol. The van der Waals surface area contributed by atoms with Crippen LogP contribution in [0.25, 0.3) is 0 Å². The zero-order valence-electron chi connectivity index (χ0n) is 10.5. The number of nitrogens with one attached hydrogen (secondary N) is 1. The molecular weight excluding hydrogens is 236 g/mol. The number of nitrogens with two attached hydrogens (primary N) is 1. The van der Waals surface area contributed by atoms with Crippen LogP contribution in [0.5, 0.6) is 0 Å². The van der Waals surface area contributed by atoms with Crippen molar-refractivity contribution in [3.8, 4) is 0 Å². The van der Waals surface area contributed by atoms with Gasteiger partial charge in [0.25, 0.3) is 0 Å². The molecule has 0 aliphatic carbocycles. The zero-order valence-corrected chi connectivity index (χ0v) is 11.2. The van der Waals surface area contributed by atoms with Crippen molar-refractivity contribution in [3.63, 3.8) is 0 Å². The maximum atomic E-state index is 11.8. The normalized spacial score (nSPS) is 14.6. The standard InChI is InChI=1S/C13H19ClN2O/c1-4-13(12(15)17,16-9(2)3)10-6-5-7-11(14)8-10/h5-9,16H,4H2,1-3H3,(H2,15,17). The van der Waals surface area contributed by atoms with Crippen molar-refractivity contribution >= 4 is 17.5 Å². The van der Waals surface area contributed by atoms with E-state index < -0.39 is 5.54 Å². The molecule has 1 unspecified atom stereocenters. The van der Waals surface area contributed by atoms with Gasteiger partial charge in [-0.15, -0.1) is 0 Å². The molecule has 3 nitrogen and oxygen atoms in total. The molecule has 0 fully saturated rings. The molecule has 0 heterocycles. The Hall–Kier alpha value is -1.06. The second-order valence-electron chi connectivity index (χ2n) is 4.43. The van der Waals surface area contributed by atoms with E-state index in [1.165, 1.54) is 0 Å². The van der Waals surface area contributed by atoms with Gasteiger partial charge in [-0.1, -0.05) is 30.7 Å². The van der Waals surface area contributed by atoms with Gasteiger partial charge in [0.15, 0.2) is 0 Å². The highest BCUT2D eigenvalue weighted by Gasteiger charge is 2.37. The highest BCUT2D eigenvalue weighted by atomic mass is 35.5.